The molecular weight excluding hydrogens is 367 g/mol. The normalized spacial score (nSPS) is 16.4. The van der Waals surface area contributed by atoms with Gasteiger partial charge in [-0.25, -0.2) is 8.42 Å². The molecule has 2 aromatic rings. The van der Waals surface area contributed by atoms with Gasteiger partial charge in [-0.1, -0.05) is 35.3 Å². The standard InChI is InChI=1S/C17H18Cl2N2O2S/c1-13-3-2-4-15(11-13)24(22,23)21-9-7-20(8-10-21)17-12-14(18)5-6-16(17)19/h2-6,11-12H,7-10H2,1H3. The van der Waals surface area contributed by atoms with Crippen molar-refractivity contribution in [3.05, 3.63) is 58.1 Å². The number of piperazine rings is 1. The lowest BCUT2D eigenvalue weighted by Crippen LogP contribution is -2.48. The van der Waals surface area contributed by atoms with Gasteiger partial charge >= 0.3 is 0 Å². The lowest BCUT2D eigenvalue weighted by atomic mass is 10.2. The minimum atomic E-state index is -3.46. The van der Waals surface area contributed by atoms with E-state index in [4.69, 9.17) is 23.2 Å². The Kier molecular flexibility index (Phi) is 5.06. The van der Waals surface area contributed by atoms with Gasteiger partial charge < -0.3 is 4.90 Å². The maximum Gasteiger partial charge on any atom is 0.243 e. The summed E-state index contributed by atoms with van der Waals surface area (Å²) in [6.45, 7) is 3.87. The van der Waals surface area contributed by atoms with Crippen LogP contribution in [0, 0.1) is 6.92 Å². The second-order valence-corrected chi connectivity index (χ2v) is 8.58. The smallest absolute Gasteiger partial charge is 0.243 e. The van der Waals surface area contributed by atoms with E-state index in [9.17, 15) is 8.42 Å². The fourth-order valence-corrected chi connectivity index (χ4v) is 4.75. The minimum absolute atomic E-state index is 0.344. The van der Waals surface area contributed by atoms with Crippen molar-refractivity contribution in [3.8, 4) is 0 Å². The fraction of sp³-hybridized carbons (Fsp3) is 0.294. The highest BCUT2D eigenvalue weighted by Crippen LogP contribution is 2.30. The quantitative estimate of drug-likeness (QED) is 0.807. The van der Waals surface area contributed by atoms with Crippen molar-refractivity contribution in [1.82, 2.24) is 4.31 Å². The van der Waals surface area contributed by atoms with Crippen molar-refractivity contribution in [1.29, 1.82) is 0 Å². The number of hydrogen-bond acceptors (Lipinski definition) is 3. The summed E-state index contributed by atoms with van der Waals surface area (Å²) in [6.07, 6.45) is 0. The molecule has 0 N–H and O–H groups in total. The van der Waals surface area contributed by atoms with E-state index in [2.05, 4.69) is 4.90 Å². The summed E-state index contributed by atoms with van der Waals surface area (Å²) >= 11 is 12.3. The summed E-state index contributed by atoms with van der Waals surface area (Å²) in [4.78, 5) is 2.41. The van der Waals surface area contributed by atoms with Gasteiger partial charge in [-0.2, -0.15) is 4.31 Å². The summed E-state index contributed by atoms with van der Waals surface area (Å²) in [5.41, 5.74) is 1.78. The van der Waals surface area contributed by atoms with Gasteiger partial charge in [-0.05, 0) is 42.8 Å². The first-order valence-corrected chi connectivity index (χ1v) is 9.84. The number of aryl methyl sites for hydroxylation is 1. The second kappa shape index (κ2) is 6.92. The molecule has 0 radical (unpaired) electrons. The first kappa shape index (κ1) is 17.5. The molecule has 0 amide bonds. The molecule has 0 aliphatic carbocycles. The maximum absolute atomic E-state index is 12.8. The molecule has 0 bridgehead atoms. The lowest BCUT2D eigenvalue weighted by Gasteiger charge is -2.35. The van der Waals surface area contributed by atoms with Crippen LogP contribution in [0.4, 0.5) is 5.69 Å². The van der Waals surface area contributed by atoms with E-state index in [-0.39, 0.29) is 0 Å². The summed E-state index contributed by atoms with van der Waals surface area (Å²) in [5, 5.41) is 1.23. The van der Waals surface area contributed by atoms with Crippen molar-refractivity contribution in [2.45, 2.75) is 11.8 Å². The third-order valence-electron chi connectivity index (χ3n) is 4.11. The largest absolute Gasteiger partial charge is 0.368 e. The predicted molar refractivity (Wildman–Crippen MR) is 98.6 cm³/mol. The molecule has 1 saturated heterocycles. The maximum atomic E-state index is 12.8. The van der Waals surface area contributed by atoms with Gasteiger partial charge in [-0.3, -0.25) is 0 Å². The summed E-state index contributed by atoms with van der Waals surface area (Å²) in [5.74, 6) is 0. The predicted octanol–water partition coefficient (Wildman–Crippen LogP) is 3.81. The first-order chi connectivity index (χ1) is 11.4. The van der Waals surface area contributed by atoms with E-state index in [1.54, 1.807) is 30.3 Å². The SMILES string of the molecule is Cc1cccc(S(=O)(=O)N2CCN(c3cc(Cl)ccc3Cl)CC2)c1. The number of sulfonamides is 1. The van der Waals surface area contributed by atoms with Gasteiger partial charge in [0.15, 0.2) is 0 Å². The van der Waals surface area contributed by atoms with E-state index >= 15 is 0 Å². The second-order valence-electron chi connectivity index (χ2n) is 5.80. The molecule has 1 aliphatic rings. The molecule has 4 nitrogen and oxygen atoms in total. The summed E-state index contributed by atoms with van der Waals surface area (Å²) < 4.78 is 27.1. The van der Waals surface area contributed by atoms with Crippen LogP contribution in [0.1, 0.15) is 5.56 Å². The Balaban J connectivity index is 1.76. The number of nitrogens with zero attached hydrogens (tertiary/aromatic N) is 2. The van der Waals surface area contributed by atoms with Crippen LogP contribution in [0.15, 0.2) is 47.4 Å². The molecule has 0 saturated carbocycles. The summed E-state index contributed by atoms with van der Waals surface area (Å²) in [6, 6.07) is 12.3. The Hall–Kier alpha value is -1.27. The van der Waals surface area contributed by atoms with E-state index in [0.717, 1.165) is 11.3 Å². The Morgan fingerprint density at radius 3 is 2.33 bits per heavy atom. The molecule has 0 aromatic heterocycles. The molecular formula is C17H18Cl2N2O2S. The van der Waals surface area contributed by atoms with Crippen LogP contribution < -0.4 is 4.90 Å². The number of anilines is 1. The number of rotatable bonds is 3. The van der Waals surface area contributed by atoms with Gasteiger partial charge in [0.1, 0.15) is 0 Å². The van der Waals surface area contributed by atoms with E-state index in [1.807, 2.05) is 19.1 Å². The van der Waals surface area contributed by atoms with Gasteiger partial charge in [-0.15, -0.1) is 0 Å². The Labute approximate surface area is 152 Å². The fourth-order valence-electron chi connectivity index (χ4n) is 2.82. The van der Waals surface area contributed by atoms with Gasteiger partial charge in [0, 0.05) is 31.2 Å². The minimum Gasteiger partial charge on any atom is -0.368 e. The van der Waals surface area contributed by atoms with Crippen molar-refractivity contribution >= 4 is 38.9 Å². The lowest BCUT2D eigenvalue weighted by molar-refractivity contribution is 0.385. The highest BCUT2D eigenvalue weighted by molar-refractivity contribution is 7.89. The third kappa shape index (κ3) is 3.54. The topological polar surface area (TPSA) is 40.6 Å². The highest BCUT2D eigenvalue weighted by atomic mass is 35.5. The van der Waals surface area contributed by atoms with E-state index < -0.39 is 10.0 Å². The molecule has 7 heteroatoms. The average Bonchev–Trinajstić information content (AvgIpc) is 2.57. The third-order valence-corrected chi connectivity index (χ3v) is 6.56. The van der Waals surface area contributed by atoms with Crippen LogP contribution in [0.2, 0.25) is 10.0 Å². The van der Waals surface area contributed by atoms with Crippen LogP contribution >= 0.6 is 23.2 Å². The van der Waals surface area contributed by atoms with E-state index in [1.165, 1.54) is 4.31 Å². The Morgan fingerprint density at radius 1 is 0.958 bits per heavy atom. The van der Waals surface area contributed by atoms with Crippen molar-refractivity contribution in [2.24, 2.45) is 0 Å². The van der Waals surface area contributed by atoms with Gasteiger partial charge in [0.05, 0.1) is 15.6 Å². The average molecular weight is 385 g/mol. The first-order valence-electron chi connectivity index (χ1n) is 7.65. The molecule has 1 aliphatic heterocycles. The number of benzene rings is 2. The van der Waals surface area contributed by atoms with Gasteiger partial charge in [0.2, 0.25) is 10.0 Å². The molecule has 1 heterocycles. The molecule has 0 unspecified atom stereocenters. The van der Waals surface area contributed by atoms with Crippen LogP contribution in [0.5, 0.6) is 0 Å². The molecule has 3 rings (SSSR count). The zero-order chi connectivity index (χ0) is 17.3. The van der Waals surface area contributed by atoms with Crippen LogP contribution in [-0.2, 0) is 10.0 Å². The summed E-state index contributed by atoms with van der Waals surface area (Å²) in [7, 11) is -3.46. The molecule has 2 aromatic carbocycles. The molecule has 0 spiro atoms. The number of halogens is 2. The highest BCUT2D eigenvalue weighted by Gasteiger charge is 2.29. The molecule has 1 fully saturated rings. The van der Waals surface area contributed by atoms with Crippen LogP contribution in [0.3, 0.4) is 0 Å². The Bertz CT molecular complexity index is 847. The van der Waals surface area contributed by atoms with Crippen molar-refractivity contribution in [2.75, 3.05) is 31.1 Å². The molecule has 24 heavy (non-hydrogen) atoms. The van der Waals surface area contributed by atoms with Crippen LogP contribution in [0.25, 0.3) is 0 Å². The molecule has 128 valence electrons. The van der Waals surface area contributed by atoms with Crippen LogP contribution in [-0.4, -0.2) is 38.9 Å². The monoisotopic (exact) mass is 384 g/mol. The zero-order valence-electron chi connectivity index (χ0n) is 13.2. The van der Waals surface area contributed by atoms with E-state index in [0.29, 0.717) is 41.1 Å². The molecule has 0 atom stereocenters. The van der Waals surface area contributed by atoms with Crippen molar-refractivity contribution < 1.29 is 8.42 Å². The van der Waals surface area contributed by atoms with Gasteiger partial charge in [0.25, 0.3) is 0 Å². The van der Waals surface area contributed by atoms with Crippen molar-refractivity contribution in [3.63, 3.8) is 0 Å². The number of hydrogen-bond donors (Lipinski definition) is 0. The zero-order valence-corrected chi connectivity index (χ0v) is 15.6. The Morgan fingerprint density at radius 2 is 1.67 bits per heavy atom.